The Morgan fingerprint density at radius 3 is 0.948 bits per heavy atom. The maximum absolute atomic E-state index is 15.5. The molecule has 58 heavy (non-hydrogen) atoms. The van der Waals surface area contributed by atoms with E-state index in [2.05, 4.69) is 11.3 Å². The molecule has 0 aliphatic heterocycles. The predicted molar refractivity (Wildman–Crippen MR) is 122 cm³/mol. The van der Waals surface area contributed by atoms with Gasteiger partial charge < -0.3 is 14.9 Å². The smallest absolute Gasteiger partial charge is 0.459 e. The predicted octanol–water partition coefficient (Wildman–Crippen LogP) is 9.97. The zero-order chi connectivity index (χ0) is 47.8. The number of hydrogen-bond acceptors (Lipinski definition) is 4. The molecule has 0 amide bonds. The third-order valence-corrected chi connectivity index (χ3v) is 7.54. The van der Waals surface area contributed by atoms with Gasteiger partial charge in [-0.3, -0.25) is 0 Å². The normalized spacial score (nSPS) is 17.5. The number of halogens is 30. The summed E-state index contributed by atoms with van der Waals surface area (Å²) in [5.74, 6) is -123. The lowest BCUT2D eigenvalue weighted by Gasteiger charge is -2.50. The maximum atomic E-state index is 15.5. The molecule has 0 bridgehead atoms. The van der Waals surface area contributed by atoms with E-state index in [1.54, 1.807) is 0 Å². The van der Waals surface area contributed by atoms with Gasteiger partial charge in [0, 0.05) is 12.2 Å². The quantitative estimate of drug-likeness (QED) is 0.0770. The van der Waals surface area contributed by atoms with Crippen LogP contribution in [0.1, 0.15) is 19.8 Å². The fraction of sp³-hybridized carbons (Fsp3) is 0.875. The van der Waals surface area contributed by atoms with E-state index < -0.39 is 133 Å². The molecule has 2 atom stereocenters. The number of carbonyl (C=O) groups excluding carboxylic acids is 1. The fourth-order valence-electron chi connectivity index (χ4n) is 4.22. The molecule has 0 aliphatic carbocycles. The molecule has 0 aromatic rings. The highest BCUT2D eigenvalue weighted by Crippen LogP contribution is 2.69. The van der Waals surface area contributed by atoms with Gasteiger partial charge in [-0.1, -0.05) is 6.58 Å². The van der Waals surface area contributed by atoms with E-state index in [0.717, 1.165) is 0 Å². The summed E-state index contributed by atoms with van der Waals surface area (Å²) in [6, 6.07) is 0. The second-order valence-electron chi connectivity index (χ2n) is 11.7. The highest BCUT2D eigenvalue weighted by molar-refractivity contribution is 5.86. The van der Waals surface area contributed by atoms with Crippen LogP contribution in [0.2, 0.25) is 0 Å². The van der Waals surface area contributed by atoms with Crippen molar-refractivity contribution in [3.05, 3.63) is 12.2 Å². The zero-order valence-corrected chi connectivity index (χ0v) is 26.7. The average Bonchev–Trinajstić information content (AvgIpc) is 3.00. The summed E-state index contributed by atoms with van der Waals surface area (Å²) in [6.07, 6.45) is -21.8. The van der Waals surface area contributed by atoms with Gasteiger partial charge in [-0.05, 0) is 19.8 Å². The highest BCUT2D eigenvalue weighted by Gasteiger charge is 2.98. The van der Waals surface area contributed by atoms with Gasteiger partial charge in [0.1, 0.15) is 18.1 Å². The van der Waals surface area contributed by atoms with Crippen molar-refractivity contribution in [2.75, 3.05) is 13.2 Å². The minimum atomic E-state index is -9.84. The Bertz CT molecular complexity index is 1490. The van der Waals surface area contributed by atoms with Crippen molar-refractivity contribution in [1.82, 2.24) is 0 Å². The summed E-state index contributed by atoms with van der Waals surface area (Å²) in [7, 11) is 0. The maximum Gasteiger partial charge on any atom is 0.460 e. The van der Waals surface area contributed by atoms with E-state index in [9.17, 15) is 124 Å². The number of alkyl halides is 30. The zero-order valence-electron chi connectivity index (χ0n) is 26.7. The topological polar surface area (TPSA) is 66.8 Å². The lowest BCUT2D eigenvalue weighted by Crippen LogP contribution is -2.79. The van der Waals surface area contributed by atoms with Gasteiger partial charge >= 0.3 is 89.4 Å². The van der Waals surface area contributed by atoms with Crippen LogP contribution in [-0.4, -0.2) is 118 Å². The van der Waals surface area contributed by atoms with Gasteiger partial charge in [0.15, 0.2) is 0 Å². The van der Waals surface area contributed by atoms with Crippen LogP contribution in [-0.2, 0) is 9.53 Å². The average molecular weight is 938 g/mol. The van der Waals surface area contributed by atoms with Gasteiger partial charge in [0.05, 0.1) is 0 Å². The van der Waals surface area contributed by atoms with Crippen molar-refractivity contribution >= 4 is 5.97 Å². The first kappa shape index (κ1) is 55.0. The first-order valence-electron chi connectivity index (χ1n) is 13.6. The summed E-state index contributed by atoms with van der Waals surface area (Å²) >= 11 is 0. The molecular formula is C24H16F30O4. The highest BCUT2D eigenvalue weighted by atomic mass is 19.4. The van der Waals surface area contributed by atoms with Crippen molar-refractivity contribution in [1.29, 1.82) is 0 Å². The largest absolute Gasteiger partial charge is 0.460 e. The molecular weight excluding hydrogens is 922 g/mol. The van der Waals surface area contributed by atoms with Crippen LogP contribution in [0.25, 0.3) is 0 Å². The van der Waals surface area contributed by atoms with Crippen LogP contribution < -0.4 is 0 Å². The second-order valence-corrected chi connectivity index (χ2v) is 11.7. The Kier molecular flexibility index (Phi) is 14.1. The van der Waals surface area contributed by atoms with Crippen LogP contribution in [0.3, 0.4) is 0 Å². The van der Waals surface area contributed by atoms with Crippen LogP contribution in [0.4, 0.5) is 132 Å². The SMILES string of the molecule is C=C(C)C(=O)OCC(O)(CCCO)C(C(F)(F)C(F)(F)C(F)(F)C(F)(F)C(F)(F)C(F)(F)F)C(F)(F)C(F)(F)C(F)(F)C(F)(F)C(F)(F)C(F)(F)C(F)(F)C(F)(F)F. The van der Waals surface area contributed by atoms with Crippen molar-refractivity contribution in [3.63, 3.8) is 0 Å². The monoisotopic (exact) mass is 938 g/mol. The van der Waals surface area contributed by atoms with Crippen LogP contribution in [0, 0.1) is 5.92 Å². The van der Waals surface area contributed by atoms with Crippen molar-refractivity contribution in [3.8, 4) is 0 Å². The Morgan fingerprint density at radius 1 is 0.483 bits per heavy atom. The summed E-state index contributed by atoms with van der Waals surface area (Å²) in [5.41, 5.74) is -7.41. The third kappa shape index (κ3) is 7.53. The molecule has 0 radical (unpaired) electrons. The minimum Gasteiger partial charge on any atom is -0.459 e. The first-order valence-corrected chi connectivity index (χ1v) is 13.6. The number of carbonyl (C=O) groups is 1. The number of ether oxygens (including phenoxy) is 1. The van der Waals surface area contributed by atoms with Gasteiger partial charge in [-0.15, -0.1) is 0 Å². The molecule has 4 nitrogen and oxygen atoms in total. The Hall–Kier alpha value is -2.97. The number of aliphatic hydroxyl groups is 2. The van der Waals surface area contributed by atoms with Crippen LogP contribution in [0.5, 0.6) is 0 Å². The first-order chi connectivity index (χ1) is 24.8. The molecule has 34 heteroatoms. The Morgan fingerprint density at radius 2 is 0.724 bits per heavy atom. The number of aliphatic hydroxyl groups excluding tert-OH is 1. The molecule has 0 aromatic carbocycles. The van der Waals surface area contributed by atoms with Crippen molar-refractivity contribution in [2.45, 2.75) is 109 Å². The molecule has 0 saturated heterocycles. The lowest BCUT2D eigenvalue weighted by molar-refractivity contribution is -0.476. The number of hydrogen-bond donors (Lipinski definition) is 2. The van der Waals surface area contributed by atoms with Gasteiger partial charge in [0.2, 0.25) is 0 Å². The third-order valence-electron chi connectivity index (χ3n) is 7.54. The van der Waals surface area contributed by atoms with E-state index in [0.29, 0.717) is 6.92 Å². The standard InChI is InChI=1S/C24H16F30O4/c1-7(2)8(56)58-6-10(57,4-3-5-55)9(12(27,28)14(31,32)16(35,36)19(41,42)21(45,46)23(49,50)51)11(25,26)13(29,30)15(33,34)17(37,38)18(39,40)20(43,44)22(47,48)24(52,53)54/h9,55,57H,1,3-6H2,2H3. The molecule has 0 fully saturated rings. The molecule has 0 spiro atoms. The molecule has 346 valence electrons. The molecule has 0 saturated carbocycles. The Balaban J connectivity index is 8.75. The van der Waals surface area contributed by atoms with E-state index in [1.807, 2.05) is 0 Å². The minimum absolute atomic E-state index is 0.336. The molecule has 2 N–H and O–H groups in total. The number of rotatable bonds is 19. The van der Waals surface area contributed by atoms with Gasteiger partial charge in [-0.25, -0.2) is 4.79 Å². The second kappa shape index (κ2) is 14.9. The molecule has 0 rings (SSSR count). The fourth-order valence-corrected chi connectivity index (χ4v) is 4.22. The molecule has 2 unspecified atom stereocenters. The summed E-state index contributed by atoms with van der Waals surface area (Å²) in [6.45, 7) is -2.64. The summed E-state index contributed by atoms with van der Waals surface area (Å²) in [5, 5.41) is 19.2. The van der Waals surface area contributed by atoms with Crippen LogP contribution in [0.15, 0.2) is 12.2 Å². The van der Waals surface area contributed by atoms with E-state index >= 15 is 17.6 Å². The Labute approximate surface area is 298 Å². The molecule has 0 heterocycles. The van der Waals surface area contributed by atoms with E-state index in [-0.39, 0.29) is 0 Å². The molecule has 0 aromatic heterocycles. The summed E-state index contributed by atoms with van der Waals surface area (Å²) in [4.78, 5) is 11.6. The van der Waals surface area contributed by atoms with Crippen LogP contribution >= 0.6 is 0 Å². The van der Waals surface area contributed by atoms with E-state index in [4.69, 9.17) is 5.11 Å². The number of esters is 1. The van der Waals surface area contributed by atoms with E-state index in [1.165, 1.54) is 0 Å². The van der Waals surface area contributed by atoms with Gasteiger partial charge in [0.25, 0.3) is 0 Å². The summed E-state index contributed by atoms with van der Waals surface area (Å²) < 4.78 is 421. The molecule has 0 aliphatic rings. The lowest BCUT2D eigenvalue weighted by atomic mass is 9.69. The van der Waals surface area contributed by atoms with Crippen molar-refractivity contribution in [2.24, 2.45) is 5.92 Å². The van der Waals surface area contributed by atoms with Gasteiger partial charge in [-0.2, -0.15) is 132 Å². The van der Waals surface area contributed by atoms with Crippen molar-refractivity contribution < 1.29 is 151 Å².